The van der Waals surface area contributed by atoms with Crippen LogP contribution in [0.15, 0.2) is 18.3 Å². The van der Waals surface area contributed by atoms with Crippen LogP contribution in [0.5, 0.6) is 0 Å². The fraction of sp³-hybridized carbons (Fsp3) is 0.467. The first-order chi connectivity index (χ1) is 9.61. The summed E-state index contributed by atoms with van der Waals surface area (Å²) in [5, 5.41) is 0.226. The minimum absolute atomic E-state index is 0.0861. The van der Waals surface area contributed by atoms with E-state index in [4.69, 9.17) is 5.73 Å². The number of hydrogen-bond acceptors (Lipinski definition) is 1. The van der Waals surface area contributed by atoms with E-state index in [-0.39, 0.29) is 16.9 Å². The molecule has 0 bridgehead atoms. The highest BCUT2D eigenvalue weighted by molar-refractivity contribution is 5.85. The number of halogens is 4. The first-order valence-corrected chi connectivity index (χ1v) is 6.72. The molecule has 6 heteroatoms. The van der Waals surface area contributed by atoms with E-state index in [2.05, 4.69) is 0 Å². The van der Waals surface area contributed by atoms with Gasteiger partial charge < -0.3 is 10.3 Å². The van der Waals surface area contributed by atoms with Gasteiger partial charge in [0, 0.05) is 29.2 Å². The van der Waals surface area contributed by atoms with Crippen molar-refractivity contribution in [2.45, 2.75) is 39.5 Å². The van der Waals surface area contributed by atoms with Crippen molar-refractivity contribution < 1.29 is 17.6 Å². The van der Waals surface area contributed by atoms with Gasteiger partial charge in [0.25, 0.3) is 0 Å². The lowest BCUT2D eigenvalue weighted by atomic mass is 10.0. The standard InChI is InChI=1S/C15H18F4N2/c1-8(2)6-21-7-11(14(20)15(17,18)19)10-5-12(16)9(3)4-13(10)21/h4-5,7-8,14H,6,20H2,1-3H3/t14-/m0/s1. The molecule has 0 amide bonds. The van der Waals surface area contributed by atoms with Crippen LogP contribution in [0.3, 0.4) is 0 Å². The summed E-state index contributed by atoms with van der Waals surface area (Å²) in [4.78, 5) is 0. The van der Waals surface area contributed by atoms with E-state index in [1.807, 2.05) is 13.8 Å². The maximum absolute atomic E-state index is 13.7. The molecule has 1 aromatic heterocycles. The SMILES string of the molecule is Cc1cc2c(cc1F)c([C@H](N)C(F)(F)F)cn2CC(C)C. The fourth-order valence-electron chi connectivity index (χ4n) is 2.41. The lowest BCUT2D eigenvalue weighted by Gasteiger charge is -2.14. The second kappa shape index (κ2) is 5.33. The number of nitrogens with two attached hydrogens (primary N) is 1. The van der Waals surface area contributed by atoms with Crippen molar-refractivity contribution >= 4 is 10.9 Å². The van der Waals surface area contributed by atoms with Crippen molar-refractivity contribution in [1.82, 2.24) is 4.57 Å². The summed E-state index contributed by atoms with van der Waals surface area (Å²) < 4.78 is 54.1. The van der Waals surface area contributed by atoms with E-state index in [1.54, 1.807) is 17.6 Å². The van der Waals surface area contributed by atoms with Crippen LogP contribution >= 0.6 is 0 Å². The summed E-state index contributed by atoms with van der Waals surface area (Å²) in [5.74, 6) is -0.277. The molecule has 2 nitrogen and oxygen atoms in total. The van der Waals surface area contributed by atoms with Crippen molar-refractivity contribution in [2.24, 2.45) is 11.7 Å². The monoisotopic (exact) mass is 302 g/mol. The molecule has 0 unspecified atom stereocenters. The zero-order valence-corrected chi connectivity index (χ0v) is 12.1. The Labute approximate surface area is 120 Å². The van der Waals surface area contributed by atoms with Crippen molar-refractivity contribution in [3.63, 3.8) is 0 Å². The fourth-order valence-corrected chi connectivity index (χ4v) is 2.41. The molecule has 0 aliphatic rings. The number of alkyl halides is 3. The molecule has 0 radical (unpaired) electrons. The summed E-state index contributed by atoms with van der Waals surface area (Å²) in [5.41, 5.74) is 6.21. The van der Waals surface area contributed by atoms with E-state index >= 15 is 0 Å². The molecule has 0 spiro atoms. The van der Waals surface area contributed by atoms with Gasteiger partial charge in [0.2, 0.25) is 0 Å². The predicted molar refractivity (Wildman–Crippen MR) is 74.5 cm³/mol. The molecule has 0 fully saturated rings. The quantitative estimate of drug-likeness (QED) is 0.842. The normalized spacial score (nSPS) is 14.1. The van der Waals surface area contributed by atoms with Crippen LogP contribution in [0.2, 0.25) is 0 Å². The highest BCUT2D eigenvalue weighted by Crippen LogP contribution is 2.36. The van der Waals surface area contributed by atoms with Crippen LogP contribution in [-0.2, 0) is 6.54 Å². The smallest absolute Gasteiger partial charge is 0.347 e. The molecule has 21 heavy (non-hydrogen) atoms. The largest absolute Gasteiger partial charge is 0.407 e. The number of aryl methyl sites for hydroxylation is 1. The summed E-state index contributed by atoms with van der Waals surface area (Å²) in [6.45, 7) is 6.06. The summed E-state index contributed by atoms with van der Waals surface area (Å²) in [6.07, 6.45) is -3.17. The molecular weight excluding hydrogens is 284 g/mol. The van der Waals surface area contributed by atoms with E-state index in [0.717, 1.165) is 6.07 Å². The van der Waals surface area contributed by atoms with Crippen LogP contribution in [0, 0.1) is 18.7 Å². The number of fused-ring (bicyclic) bond motifs is 1. The molecular formula is C15H18F4N2. The van der Waals surface area contributed by atoms with Crippen LogP contribution in [-0.4, -0.2) is 10.7 Å². The average molecular weight is 302 g/mol. The Bertz CT molecular complexity index is 656. The van der Waals surface area contributed by atoms with Crippen LogP contribution in [0.1, 0.15) is 31.0 Å². The molecule has 0 saturated carbocycles. The van der Waals surface area contributed by atoms with Gasteiger partial charge in [-0.15, -0.1) is 0 Å². The first kappa shape index (κ1) is 15.8. The number of aromatic nitrogens is 1. The van der Waals surface area contributed by atoms with Gasteiger partial charge >= 0.3 is 6.18 Å². The molecule has 116 valence electrons. The van der Waals surface area contributed by atoms with Crippen molar-refractivity contribution in [3.8, 4) is 0 Å². The highest BCUT2D eigenvalue weighted by atomic mass is 19.4. The molecule has 2 aromatic rings. The number of benzene rings is 1. The summed E-state index contributed by atoms with van der Waals surface area (Å²) >= 11 is 0. The van der Waals surface area contributed by atoms with E-state index in [9.17, 15) is 17.6 Å². The molecule has 1 heterocycles. The minimum atomic E-state index is -4.56. The van der Waals surface area contributed by atoms with Gasteiger partial charge in [-0.25, -0.2) is 4.39 Å². The lowest BCUT2D eigenvalue weighted by Crippen LogP contribution is -2.28. The van der Waals surface area contributed by atoms with Crippen LogP contribution in [0.4, 0.5) is 17.6 Å². The zero-order chi connectivity index (χ0) is 15.9. The number of hydrogen-bond donors (Lipinski definition) is 1. The molecule has 0 saturated heterocycles. The van der Waals surface area contributed by atoms with Crippen molar-refractivity contribution in [2.75, 3.05) is 0 Å². The van der Waals surface area contributed by atoms with Gasteiger partial charge in [0.15, 0.2) is 0 Å². The summed E-state index contributed by atoms with van der Waals surface area (Å²) in [7, 11) is 0. The molecule has 0 aliphatic carbocycles. The van der Waals surface area contributed by atoms with E-state index in [0.29, 0.717) is 17.6 Å². The third-order valence-electron chi connectivity index (χ3n) is 3.44. The van der Waals surface area contributed by atoms with E-state index < -0.39 is 18.0 Å². The lowest BCUT2D eigenvalue weighted by molar-refractivity contribution is -0.148. The first-order valence-electron chi connectivity index (χ1n) is 6.72. The molecule has 2 rings (SSSR count). The maximum atomic E-state index is 13.7. The Morgan fingerprint density at radius 1 is 1.24 bits per heavy atom. The van der Waals surface area contributed by atoms with Gasteiger partial charge in [-0.2, -0.15) is 13.2 Å². The zero-order valence-electron chi connectivity index (χ0n) is 12.1. The van der Waals surface area contributed by atoms with Crippen LogP contribution in [0.25, 0.3) is 10.9 Å². The Kier molecular flexibility index (Phi) is 4.02. The molecule has 1 aromatic carbocycles. The number of rotatable bonds is 3. The van der Waals surface area contributed by atoms with E-state index in [1.165, 1.54) is 6.20 Å². The Balaban J connectivity index is 2.68. The van der Waals surface area contributed by atoms with Gasteiger partial charge in [0.05, 0.1) is 0 Å². The topological polar surface area (TPSA) is 30.9 Å². The second-order valence-electron chi connectivity index (χ2n) is 5.77. The Morgan fingerprint density at radius 3 is 2.38 bits per heavy atom. The third kappa shape index (κ3) is 3.05. The molecule has 1 atom stereocenters. The second-order valence-corrected chi connectivity index (χ2v) is 5.77. The minimum Gasteiger partial charge on any atom is -0.347 e. The van der Waals surface area contributed by atoms with Gasteiger partial charge in [-0.05, 0) is 30.5 Å². The summed E-state index contributed by atoms with van der Waals surface area (Å²) in [6, 6.07) is 0.595. The van der Waals surface area contributed by atoms with Gasteiger partial charge in [0.1, 0.15) is 11.9 Å². The van der Waals surface area contributed by atoms with Crippen LogP contribution < -0.4 is 5.73 Å². The van der Waals surface area contributed by atoms with Gasteiger partial charge in [-0.3, -0.25) is 0 Å². The molecule has 2 N–H and O–H groups in total. The number of nitrogens with zero attached hydrogens (tertiary/aromatic N) is 1. The van der Waals surface area contributed by atoms with Gasteiger partial charge in [-0.1, -0.05) is 13.8 Å². The predicted octanol–water partition coefficient (Wildman–Crippen LogP) is 4.31. The molecule has 0 aliphatic heterocycles. The maximum Gasteiger partial charge on any atom is 0.407 e. The average Bonchev–Trinajstić information content (AvgIpc) is 2.65. The highest BCUT2D eigenvalue weighted by Gasteiger charge is 2.39. The third-order valence-corrected chi connectivity index (χ3v) is 3.44. The Hall–Kier alpha value is -1.56. The van der Waals surface area contributed by atoms with Crippen molar-refractivity contribution in [1.29, 1.82) is 0 Å². The Morgan fingerprint density at radius 2 is 1.86 bits per heavy atom. The van der Waals surface area contributed by atoms with Crippen molar-refractivity contribution in [3.05, 3.63) is 35.3 Å².